The lowest BCUT2D eigenvalue weighted by Gasteiger charge is -2.17. The first-order valence-electron chi connectivity index (χ1n) is 9.03. The number of methoxy groups -OCH3 is 2. The van der Waals surface area contributed by atoms with E-state index in [2.05, 4.69) is 10.0 Å². The topological polar surface area (TPSA) is 93.7 Å². The van der Waals surface area contributed by atoms with Gasteiger partial charge >= 0.3 is 0 Å². The van der Waals surface area contributed by atoms with Crippen molar-refractivity contribution >= 4 is 33.0 Å². The maximum Gasteiger partial charge on any atom is 0.271 e. The van der Waals surface area contributed by atoms with Gasteiger partial charge in [0.15, 0.2) is 11.5 Å². The van der Waals surface area contributed by atoms with Gasteiger partial charge in [0.25, 0.3) is 15.9 Å². The molecule has 2 N–H and O–H groups in total. The van der Waals surface area contributed by atoms with Gasteiger partial charge in [0.05, 0.1) is 20.3 Å². The first kappa shape index (κ1) is 21.7. The summed E-state index contributed by atoms with van der Waals surface area (Å²) in [5, 5.41) is 4.62. The molecular weight excluding hydrogens is 424 g/mol. The van der Waals surface area contributed by atoms with Crippen LogP contribution in [0.3, 0.4) is 0 Å². The summed E-state index contributed by atoms with van der Waals surface area (Å²) < 4.78 is 37.8. The van der Waals surface area contributed by atoms with Crippen LogP contribution in [0.1, 0.15) is 28.9 Å². The summed E-state index contributed by atoms with van der Waals surface area (Å²) in [6.45, 7) is 1.86. The van der Waals surface area contributed by atoms with Crippen LogP contribution in [0.15, 0.2) is 64.2 Å². The van der Waals surface area contributed by atoms with E-state index in [1.165, 1.54) is 6.07 Å². The van der Waals surface area contributed by atoms with Crippen molar-refractivity contribution in [2.45, 2.75) is 17.2 Å². The molecule has 1 amide bonds. The zero-order valence-electron chi connectivity index (χ0n) is 16.7. The lowest BCUT2D eigenvalue weighted by molar-refractivity contribution is 0.0940. The molecule has 0 fully saturated rings. The number of carbonyl (C=O) groups excluding carboxylic acids is 1. The van der Waals surface area contributed by atoms with E-state index in [0.29, 0.717) is 22.7 Å². The molecule has 9 heteroatoms. The molecule has 158 valence electrons. The molecule has 0 unspecified atom stereocenters. The molecule has 0 aliphatic carbocycles. The van der Waals surface area contributed by atoms with Gasteiger partial charge in [-0.15, -0.1) is 11.3 Å². The first-order chi connectivity index (χ1) is 14.3. The quantitative estimate of drug-likeness (QED) is 0.544. The van der Waals surface area contributed by atoms with E-state index in [9.17, 15) is 13.2 Å². The van der Waals surface area contributed by atoms with Crippen LogP contribution in [0, 0.1) is 0 Å². The Morgan fingerprint density at radius 3 is 2.30 bits per heavy atom. The smallest absolute Gasteiger partial charge is 0.271 e. The molecule has 0 spiro atoms. The number of anilines is 1. The second-order valence-corrected chi connectivity index (χ2v) is 9.28. The zero-order valence-corrected chi connectivity index (χ0v) is 18.3. The number of nitrogens with one attached hydrogen (secondary N) is 2. The minimum absolute atomic E-state index is 0.230. The molecule has 1 aromatic heterocycles. The van der Waals surface area contributed by atoms with Crippen LogP contribution in [-0.4, -0.2) is 28.5 Å². The predicted molar refractivity (Wildman–Crippen MR) is 117 cm³/mol. The molecule has 0 saturated carbocycles. The molecule has 2 aromatic carbocycles. The van der Waals surface area contributed by atoms with Gasteiger partial charge < -0.3 is 14.8 Å². The van der Waals surface area contributed by atoms with Crippen LogP contribution in [0.25, 0.3) is 0 Å². The lowest BCUT2D eigenvalue weighted by atomic mass is 10.1. The summed E-state index contributed by atoms with van der Waals surface area (Å²) in [6, 6.07) is 14.6. The van der Waals surface area contributed by atoms with Crippen LogP contribution in [0.4, 0.5) is 5.69 Å². The second-order valence-electron chi connectivity index (χ2n) is 6.42. The van der Waals surface area contributed by atoms with Gasteiger partial charge in [-0.1, -0.05) is 12.1 Å². The maximum atomic E-state index is 12.6. The zero-order chi connectivity index (χ0) is 21.7. The third kappa shape index (κ3) is 4.92. The Bertz CT molecular complexity index is 1110. The highest BCUT2D eigenvalue weighted by atomic mass is 32.2. The van der Waals surface area contributed by atoms with Gasteiger partial charge in [0.2, 0.25) is 0 Å². The van der Waals surface area contributed by atoms with Crippen LogP contribution >= 0.6 is 11.3 Å². The highest BCUT2D eigenvalue weighted by molar-refractivity contribution is 7.94. The average Bonchev–Trinajstić information content (AvgIpc) is 3.29. The minimum Gasteiger partial charge on any atom is -0.493 e. The molecule has 0 saturated heterocycles. The number of benzene rings is 2. The third-order valence-electron chi connectivity index (χ3n) is 4.41. The Hall–Kier alpha value is -3.04. The van der Waals surface area contributed by atoms with Crippen molar-refractivity contribution in [2.75, 3.05) is 18.9 Å². The van der Waals surface area contributed by atoms with Gasteiger partial charge in [0, 0.05) is 11.3 Å². The number of hydrogen-bond acceptors (Lipinski definition) is 6. The summed E-state index contributed by atoms with van der Waals surface area (Å²) in [4.78, 5) is 12.6. The molecular formula is C21H22N2O5S2. The number of sulfonamides is 1. The number of carbonyl (C=O) groups is 1. The van der Waals surface area contributed by atoms with E-state index in [-0.39, 0.29) is 16.2 Å². The van der Waals surface area contributed by atoms with Crippen LogP contribution in [0.5, 0.6) is 11.5 Å². The van der Waals surface area contributed by atoms with E-state index in [1.807, 2.05) is 19.1 Å². The summed E-state index contributed by atoms with van der Waals surface area (Å²) in [5.41, 5.74) is 1.66. The van der Waals surface area contributed by atoms with Crippen molar-refractivity contribution in [3.63, 3.8) is 0 Å². The fourth-order valence-corrected chi connectivity index (χ4v) is 4.85. The van der Waals surface area contributed by atoms with Crippen molar-refractivity contribution in [1.29, 1.82) is 0 Å². The van der Waals surface area contributed by atoms with Crippen molar-refractivity contribution in [3.8, 4) is 11.5 Å². The predicted octanol–water partition coefficient (Wildman–Crippen LogP) is 4.06. The normalized spacial score (nSPS) is 12.1. The lowest BCUT2D eigenvalue weighted by Crippen LogP contribution is -2.26. The molecule has 0 aliphatic rings. The Kier molecular flexibility index (Phi) is 6.63. The van der Waals surface area contributed by atoms with E-state index >= 15 is 0 Å². The Morgan fingerprint density at radius 1 is 1.00 bits per heavy atom. The number of rotatable bonds is 8. The molecule has 0 radical (unpaired) electrons. The maximum absolute atomic E-state index is 12.6. The molecule has 1 atom stereocenters. The van der Waals surface area contributed by atoms with Crippen LogP contribution < -0.4 is 19.5 Å². The van der Waals surface area contributed by atoms with Crippen molar-refractivity contribution in [3.05, 3.63) is 71.1 Å². The van der Waals surface area contributed by atoms with Crippen LogP contribution in [0.2, 0.25) is 0 Å². The standard InChI is InChI=1S/C21H22N2O5S2/c1-14(16-8-11-18(27-2)19(13-16)28-3)22-21(24)15-6-9-17(10-7-15)23-30(25,26)20-5-4-12-29-20/h4-14,23H,1-3H3,(H,22,24)/t14-/m0/s1. The second kappa shape index (κ2) is 9.19. The van der Waals surface area contributed by atoms with Crippen LogP contribution in [-0.2, 0) is 10.0 Å². The summed E-state index contributed by atoms with van der Waals surface area (Å²) in [5.74, 6) is 0.920. The number of thiophene rings is 1. The van der Waals surface area contributed by atoms with E-state index in [1.54, 1.807) is 56.0 Å². The summed E-state index contributed by atoms with van der Waals surface area (Å²) in [7, 11) is -0.508. The Balaban J connectivity index is 1.67. The number of amides is 1. The van der Waals surface area contributed by atoms with Gasteiger partial charge in [-0.3, -0.25) is 9.52 Å². The summed E-state index contributed by atoms with van der Waals surface area (Å²) >= 11 is 1.14. The fraction of sp³-hybridized carbons (Fsp3) is 0.190. The molecule has 7 nitrogen and oxygen atoms in total. The molecule has 1 heterocycles. The molecule has 0 aliphatic heterocycles. The summed E-state index contributed by atoms with van der Waals surface area (Å²) in [6.07, 6.45) is 0. The van der Waals surface area contributed by atoms with Gasteiger partial charge in [0.1, 0.15) is 4.21 Å². The fourth-order valence-electron chi connectivity index (χ4n) is 2.80. The average molecular weight is 447 g/mol. The molecule has 0 bridgehead atoms. The number of ether oxygens (including phenoxy) is 2. The Morgan fingerprint density at radius 2 is 1.70 bits per heavy atom. The van der Waals surface area contributed by atoms with Gasteiger partial charge in [-0.2, -0.15) is 0 Å². The van der Waals surface area contributed by atoms with Crippen molar-refractivity contribution < 1.29 is 22.7 Å². The van der Waals surface area contributed by atoms with E-state index in [4.69, 9.17) is 9.47 Å². The van der Waals surface area contributed by atoms with Crippen molar-refractivity contribution in [2.24, 2.45) is 0 Å². The van der Waals surface area contributed by atoms with E-state index < -0.39 is 10.0 Å². The third-order valence-corrected chi connectivity index (χ3v) is 7.19. The largest absolute Gasteiger partial charge is 0.493 e. The molecule has 30 heavy (non-hydrogen) atoms. The highest BCUT2D eigenvalue weighted by Gasteiger charge is 2.17. The van der Waals surface area contributed by atoms with Crippen molar-refractivity contribution in [1.82, 2.24) is 5.32 Å². The van der Waals surface area contributed by atoms with Gasteiger partial charge in [-0.05, 0) is 60.3 Å². The highest BCUT2D eigenvalue weighted by Crippen LogP contribution is 2.30. The number of hydrogen-bond donors (Lipinski definition) is 2. The van der Waals surface area contributed by atoms with Gasteiger partial charge in [-0.25, -0.2) is 8.42 Å². The van der Waals surface area contributed by atoms with E-state index in [0.717, 1.165) is 16.9 Å². The first-order valence-corrected chi connectivity index (χ1v) is 11.4. The SMILES string of the molecule is COc1ccc([C@H](C)NC(=O)c2ccc(NS(=O)(=O)c3cccs3)cc2)cc1OC. The molecule has 3 rings (SSSR count). The monoisotopic (exact) mass is 446 g/mol. The minimum atomic E-state index is -3.62. The Labute approximate surface area is 179 Å². The molecule has 3 aromatic rings.